The molecule has 0 atom stereocenters. The van der Waals surface area contributed by atoms with Gasteiger partial charge in [-0.2, -0.15) is 0 Å². The third-order valence-corrected chi connectivity index (χ3v) is 11.0. The molecule has 0 fully saturated rings. The average Bonchev–Trinajstić information content (AvgIpc) is 2.90. The summed E-state index contributed by atoms with van der Waals surface area (Å²) in [5.41, 5.74) is 1.24. The van der Waals surface area contributed by atoms with E-state index < -0.39 is 5.69 Å². The van der Waals surface area contributed by atoms with Gasteiger partial charge in [-0.05, 0) is 89.8 Å². The maximum absolute atomic E-state index is 6.41. The molecule has 0 heterocycles. The summed E-state index contributed by atoms with van der Waals surface area (Å²) < 4.78 is 12.8. The van der Waals surface area contributed by atoms with Crippen molar-refractivity contribution in [3.8, 4) is 11.5 Å². The van der Waals surface area contributed by atoms with E-state index in [1.54, 1.807) is 11.4 Å². The first-order valence-electron chi connectivity index (χ1n) is 13.5. The fourth-order valence-electron chi connectivity index (χ4n) is 4.00. The predicted molar refractivity (Wildman–Crippen MR) is 162 cm³/mol. The minimum absolute atomic E-state index is 0.753. The first kappa shape index (κ1) is 28.8. The Balaban J connectivity index is 1.65. The minimum Gasteiger partial charge on any atom is -0.428 e. The molecule has 0 N–H and O–H groups in total. The predicted octanol–water partition coefficient (Wildman–Crippen LogP) is 10.5. The monoisotopic (exact) mass is 540 g/mol. The first-order chi connectivity index (χ1) is 17.6. The molecule has 0 bridgehead atoms. The largest absolute Gasteiger partial charge is 0.428 e. The van der Waals surface area contributed by atoms with Crippen molar-refractivity contribution in [2.75, 3.05) is 0 Å². The summed E-state index contributed by atoms with van der Waals surface area (Å²) in [6.45, 7) is 4.49. The van der Waals surface area contributed by atoms with Crippen LogP contribution in [0.25, 0.3) is 0 Å². The number of rotatable bonds is 17. The van der Waals surface area contributed by atoms with E-state index in [2.05, 4.69) is 62.4 Å². The summed E-state index contributed by atoms with van der Waals surface area (Å²) in [7, 11) is 0. The van der Waals surface area contributed by atoms with Gasteiger partial charge in [0.2, 0.25) is 0 Å². The van der Waals surface area contributed by atoms with E-state index in [0.29, 0.717) is 0 Å². The molecule has 3 aromatic carbocycles. The normalized spacial score (nSPS) is 11.4. The topological polar surface area (TPSA) is 18.5 Å². The zero-order chi connectivity index (χ0) is 25.5. The minimum atomic E-state index is -2.67. The molecule has 0 aliphatic heterocycles. The molecule has 3 aromatic rings. The Hall–Kier alpha value is -1.74. The van der Waals surface area contributed by atoms with Gasteiger partial charge in [-0.1, -0.05) is 107 Å². The maximum Gasteiger partial charge on any atom is 0.348 e. The second-order valence-electron chi connectivity index (χ2n) is 9.30. The molecule has 194 valence electrons. The van der Waals surface area contributed by atoms with Gasteiger partial charge in [0.1, 0.15) is 11.5 Å². The maximum atomic E-state index is 6.41. The van der Waals surface area contributed by atoms with Crippen LogP contribution in [0, 0.1) is 0 Å². The van der Waals surface area contributed by atoms with Gasteiger partial charge in [-0.15, -0.1) is 0 Å². The summed E-state index contributed by atoms with van der Waals surface area (Å²) in [6, 6.07) is 27.2. The van der Waals surface area contributed by atoms with E-state index in [-0.39, 0.29) is 0 Å². The molecule has 0 amide bonds. The van der Waals surface area contributed by atoms with Gasteiger partial charge in [0.25, 0.3) is 0 Å². The van der Waals surface area contributed by atoms with Gasteiger partial charge >= 0.3 is 5.69 Å². The number of hydrogen-bond acceptors (Lipinski definition) is 4. The highest BCUT2D eigenvalue weighted by Crippen LogP contribution is 2.61. The Morgan fingerprint density at radius 2 is 1.06 bits per heavy atom. The second kappa shape index (κ2) is 16.2. The van der Waals surface area contributed by atoms with Crippen LogP contribution in [0.3, 0.4) is 0 Å². The average molecular weight is 541 g/mol. The molecule has 0 saturated carbocycles. The third kappa shape index (κ3) is 10.7. The Morgan fingerprint density at radius 1 is 0.583 bits per heavy atom. The van der Waals surface area contributed by atoms with E-state index in [1.165, 1.54) is 68.1 Å². The van der Waals surface area contributed by atoms with Crippen LogP contribution in [0.1, 0.15) is 81.9 Å². The molecule has 36 heavy (non-hydrogen) atoms. The molecule has 0 aromatic heterocycles. The lowest BCUT2D eigenvalue weighted by atomic mass is 10.1. The van der Waals surface area contributed by atoms with Crippen molar-refractivity contribution in [2.45, 2.75) is 83.8 Å². The van der Waals surface area contributed by atoms with E-state index >= 15 is 0 Å². The van der Waals surface area contributed by atoms with Crippen molar-refractivity contribution in [1.82, 2.24) is 0 Å². The first-order valence-corrected chi connectivity index (χ1v) is 17.7. The smallest absolute Gasteiger partial charge is 0.348 e. The molecular weight excluding hydrogens is 499 g/mol. The molecule has 0 aliphatic carbocycles. The van der Waals surface area contributed by atoms with E-state index in [9.17, 15) is 0 Å². The zero-order valence-corrected chi connectivity index (χ0v) is 24.4. The number of hydrogen-bond donors (Lipinski definition) is 0. The molecule has 0 aliphatic rings. The van der Waals surface area contributed by atoms with Crippen molar-refractivity contribution in [3.63, 3.8) is 0 Å². The summed E-state index contributed by atoms with van der Waals surface area (Å²) in [6.07, 6.45) is 12.4. The summed E-state index contributed by atoms with van der Waals surface area (Å²) in [4.78, 5) is 0. The zero-order valence-electron chi connectivity index (χ0n) is 21.9. The highest BCUT2D eigenvalue weighted by molar-refractivity contribution is 8.67. The van der Waals surface area contributed by atoms with Gasteiger partial charge in [0.05, 0.1) is 0 Å². The molecule has 0 radical (unpaired) electrons. The summed E-state index contributed by atoms with van der Waals surface area (Å²) >= 11 is 7.65. The molecular formula is C31H41O2PS2. The molecule has 3 rings (SSSR count). The van der Waals surface area contributed by atoms with Crippen molar-refractivity contribution in [3.05, 3.63) is 95.6 Å². The molecule has 2 nitrogen and oxygen atoms in total. The van der Waals surface area contributed by atoms with Crippen LogP contribution >= 0.6 is 17.1 Å². The Kier molecular flexibility index (Phi) is 13.0. The van der Waals surface area contributed by atoms with E-state index in [4.69, 9.17) is 20.9 Å². The molecule has 0 saturated heterocycles. The van der Waals surface area contributed by atoms with Crippen molar-refractivity contribution < 1.29 is 9.05 Å². The van der Waals surface area contributed by atoms with Crippen molar-refractivity contribution in [2.24, 2.45) is 0 Å². The second-order valence-corrected chi connectivity index (χ2v) is 15.5. The molecule has 5 heteroatoms. The van der Waals surface area contributed by atoms with Crippen molar-refractivity contribution in [1.29, 1.82) is 0 Å². The van der Waals surface area contributed by atoms with Crippen molar-refractivity contribution >= 4 is 28.9 Å². The fraction of sp³-hybridized carbons (Fsp3) is 0.419. The van der Waals surface area contributed by atoms with Gasteiger partial charge in [0.15, 0.2) is 0 Å². The Bertz CT molecular complexity index is 975. The van der Waals surface area contributed by atoms with E-state index in [1.807, 2.05) is 30.3 Å². The number of benzene rings is 3. The highest BCUT2D eigenvalue weighted by atomic mass is 32.9. The lowest BCUT2D eigenvalue weighted by Gasteiger charge is -2.23. The third-order valence-electron chi connectivity index (χ3n) is 6.15. The molecule has 0 spiro atoms. The number of unbranched alkanes of at least 4 members (excludes halogenated alkanes) is 6. The van der Waals surface area contributed by atoms with Gasteiger partial charge in [-0.25, -0.2) is 0 Å². The van der Waals surface area contributed by atoms with Crippen LogP contribution in [0.4, 0.5) is 0 Å². The lowest BCUT2D eigenvalue weighted by Crippen LogP contribution is -1.99. The van der Waals surface area contributed by atoms with Gasteiger partial charge in [0, 0.05) is 5.75 Å². The SMILES string of the molecule is CCCCCCc1ccc(OP(=S)(Oc2ccc(CCCCCC)cc2)SCc2ccccc2)cc1. The quantitative estimate of drug-likeness (QED) is 0.125. The van der Waals surface area contributed by atoms with E-state index in [0.717, 1.165) is 30.1 Å². The fourth-order valence-corrected chi connectivity index (χ4v) is 8.15. The highest BCUT2D eigenvalue weighted by Gasteiger charge is 2.24. The Labute approximate surface area is 228 Å². The van der Waals surface area contributed by atoms with Crippen LogP contribution in [-0.4, -0.2) is 0 Å². The van der Waals surface area contributed by atoms with Crippen LogP contribution in [-0.2, 0) is 30.4 Å². The van der Waals surface area contributed by atoms with Crippen LogP contribution in [0.2, 0.25) is 0 Å². The Morgan fingerprint density at radius 3 is 1.50 bits per heavy atom. The summed E-state index contributed by atoms with van der Waals surface area (Å²) in [5, 5.41) is 0. The van der Waals surface area contributed by atoms with Gasteiger partial charge in [-0.3, -0.25) is 0 Å². The summed E-state index contributed by atoms with van der Waals surface area (Å²) in [5.74, 6) is 2.32. The van der Waals surface area contributed by atoms with Gasteiger partial charge < -0.3 is 9.05 Å². The standard InChI is InChI=1S/C31H41O2PS2/c1-3-5-7-10-14-27-18-22-30(23-19-27)32-34(35,36-26-29-16-12-9-13-17-29)33-31-24-20-28(21-25-31)15-11-8-6-4-2/h9,12-13,16-25H,3-8,10-11,14-15,26H2,1-2H3. The lowest BCUT2D eigenvalue weighted by molar-refractivity contribution is 0.506. The van der Waals surface area contributed by atoms with Crippen LogP contribution < -0.4 is 9.05 Å². The molecule has 0 unspecified atom stereocenters. The van der Waals surface area contributed by atoms with Crippen LogP contribution in [0.15, 0.2) is 78.9 Å². The number of aryl methyl sites for hydroxylation is 2. The van der Waals surface area contributed by atoms with Crippen LogP contribution in [0.5, 0.6) is 11.5 Å².